The Hall–Kier alpha value is -1.23. The summed E-state index contributed by atoms with van der Waals surface area (Å²) in [7, 11) is 0. The smallest absolute Gasteiger partial charge is 0.371 e. The van der Waals surface area contributed by atoms with Crippen molar-refractivity contribution in [2.45, 2.75) is 32.5 Å². The van der Waals surface area contributed by atoms with Crippen LogP contribution in [0.5, 0.6) is 0 Å². The monoisotopic (exact) mass is 286 g/mol. The van der Waals surface area contributed by atoms with Crippen molar-refractivity contribution in [1.29, 1.82) is 0 Å². The molecule has 0 aliphatic carbocycles. The number of alkyl halides is 3. The van der Waals surface area contributed by atoms with E-state index in [0.29, 0.717) is 30.7 Å². The van der Waals surface area contributed by atoms with Crippen molar-refractivity contribution in [3.8, 4) is 0 Å². The fraction of sp³-hybridized carbons (Fsp3) is 0.600. The second-order valence-corrected chi connectivity index (χ2v) is 5.39. The zero-order valence-corrected chi connectivity index (χ0v) is 11.9. The van der Waals surface area contributed by atoms with Crippen LogP contribution in [-0.4, -0.2) is 25.7 Å². The first-order chi connectivity index (χ1) is 9.43. The Morgan fingerprint density at radius 2 is 2.00 bits per heavy atom. The van der Waals surface area contributed by atoms with Crippen molar-refractivity contribution in [3.05, 3.63) is 29.8 Å². The van der Waals surface area contributed by atoms with E-state index in [1.54, 1.807) is 12.1 Å². The number of nitrogens with zero attached hydrogens (tertiary/aromatic N) is 1. The molecule has 5 heteroatoms. The van der Waals surface area contributed by atoms with Crippen LogP contribution < -0.4 is 10.2 Å². The molecule has 1 aromatic carbocycles. The molecule has 1 heterocycles. The molecule has 1 fully saturated rings. The molecule has 1 aliphatic heterocycles. The van der Waals surface area contributed by atoms with Gasteiger partial charge in [-0.15, -0.1) is 0 Å². The summed E-state index contributed by atoms with van der Waals surface area (Å²) in [5.41, 5.74) is -0.226. The first-order valence-corrected chi connectivity index (χ1v) is 7.08. The Bertz CT molecular complexity index is 445. The van der Waals surface area contributed by atoms with Gasteiger partial charge in [-0.3, -0.25) is 0 Å². The highest BCUT2D eigenvalue weighted by Gasteiger charge is 2.36. The zero-order chi connectivity index (χ0) is 14.8. The maximum atomic E-state index is 13.1. The van der Waals surface area contributed by atoms with E-state index in [1.165, 1.54) is 6.07 Å². The molecule has 0 saturated carbocycles. The normalized spacial score (nSPS) is 23.9. The lowest BCUT2D eigenvalue weighted by atomic mass is 9.93. The van der Waals surface area contributed by atoms with Crippen LogP contribution in [0, 0.1) is 5.92 Å². The van der Waals surface area contributed by atoms with Gasteiger partial charge in [0.2, 0.25) is 0 Å². The quantitative estimate of drug-likeness (QED) is 0.914. The van der Waals surface area contributed by atoms with Gasteiger partial charge >= 0.3 is 6.18 Å². The van der Waals surface area contributed by atoms with Gasteiger partial charge in [0, 0.05) is 24.8 Å². The molecule has 1 aromatic rings. The molecule has 0 radical (unpaired) electrons. The molecular formula is C15H21F3N2. The molecule has 20 heavy (non-hydrogen) atoms. The number of piperidine rings is 1. The number of para-hydroxylation sites is 1. The van der Waals surface area contributed by atoms with Crippen LogP contribution in [0.25, 0.3) is 0 Å². The van der Waals surface area contributed by atoms with Crippen molar-refractivity contribution in [1.82, 2.24) is 5.32 Å². The molecule has 1 saturated heterocycles. The molecule has 0 bridgehead atoms. The third kappa shape index (κ3) is 3.26. The van der Waals surface area contributed by atoms with E-state index in [-0.39, 0.29) is 0 Å². The predicted molar refractivity (Wildman–Crippen MR) is 74.9 cm³/mol. The van der Waals surface area contributed by atoms with Crippen LogP contribution >= 0.6 is 0 Å². The zero-order valence-electron chi connectivity index (χ0n) is 11.9. The molecule has 2 nitrogen and oxygen atoms in total. The first-order valence-electron chi connectivity index (χ1n) is 7.08. The summed E-state index contributed by atoms with van der Waals surface area (Å²) in [5, 5.41) is 3.40. The Balaban J connectivity index is 2.18. The summed E-state index contributed by atoms with van der Waals surface area (Å²) in [4.78, 5) is 1.86. The summed E-state index contributed by atoms with van der Waals surface area (Å²) in [5.74, 6) is 0.338. The van der Waals surface area contributed by atoms with E-state index in [2.05, 4.69) is 19.2 Å². The average Bonchev–Trinajstić information content (AvgIpc) is 2.40. The van der Waals surface area contributed by atoms with Crippen LogP contribution in [0.15, 0.2) is 24.3 Å². The van der Waals surface area contributed by atoms with Crippen molar-refractivity contribution in [3.63, 3.8) is 0 Å². The molecule has 2 rings (SSSR count). The van der Waals surface area contributed by atoms with E-state index >= 15 is 0 Å². The molecular weight excluding hydrogens is 265 g/mol. The fourth-order valence-electron chi connectivity index (χ4n) is 2.92. The van der Waals surface area contributed by atoms with Crippen molar-refractivity contribution in [2.75, 3.05) is 24.5 Å². The van der Waals surface area contributed by atoms with Crippen LogP contribution in [0.4, 0.5) is 18.9 Å². The van der Waals surface area contributed by atoms with Crippen molar-refractivity contribution >= 4 is 5.69 Å². The first kappa shape index (κ1) is 15.2. The minimum absolute atomic E-state index is 0.307. The predicted octanol–water partition coefficient (Wildman–Crippen LogP) is 3.53. The lowest BCUT2D eigenvalue weighted by molar-refractivity contribution is -0.137. The Labute approximate surface area is 118 Å². The number of hydrogen-bond donors (Lipinski definition) is 1. The number of rotatable bonds is 3. The minimum Gasteiger partial charge on any atom is -0.371 e. The third-order valence-electron chi connectivity index (χ3n) is 3.92. The highest BCUT2D eigenvalue weighted by molar-refractivity contribution is 5.55. The molecule has 0 amide bonds. The summed E-state index contributed by atoms with van der Waals surface area (Å²) < 4.78 is 39.2. The second-order valence-electron chi connectivity index (χ2n) is 5.39. The number of nitrogens with one attached hydrogen (secondary N) is 1. The van der Waals surface area contributed by atoms with E-state index in [9.17, 15) is 13.2 Å². The van der Waals surface area contributed by atoms with Crippen molar-refractivity contribution in [2.24, 2.45) is 5.92 Å². The van der Waals surface area contributed by atoms with Gasteiger partial charge in [0.25, 0.3) is 0 Å². The van der Waals surface area contributed by atoms with Gasteiger partial charge in [0.15, 0.2) is 0 Å². The largest absolute Gasteiger partial charge is 0.418 e. The lowest BCUT2D eigenvalue weighted by Crippen LogP contribution is -2.48. The maximum Gasteiger partial charge on any atom is 0.418 e. The SMILES string of the molecule is CCNC1CCN(c2ccccc2C(F)(F)F)CC1C. The van der Waals surface area contributed by atoms with E-state index in [1.807, 2.05) is 4.90 Å². The molecule has 2 unspecified atom stereocenters. The molecule has 0 spiro atoms. The number of benzene rings is 1. The minimum atomic E-state index is -4.29. The van der Waals surface area contributed by atoms with E-state index in [4.69, 9.17) is 0 Å². The maximum absolute atomic E-state index is 13.1. The van der Waals surface area contributed by atoms with Crippen LogP contribution in [0.1, 0.15) is 25.8 Å². The molecule has 1 aliphatic rings. The lowest BCUT2D eigenvalue weighted by Gasteiger charge is -2.39. The van der Waals surface area contributed by atoms with Gasteiger partial charge in [-0.05, 0) is 31.0 Å². The summed E-state index contributed by atoms with van der Waals surface area (Å²) >= 11 is 0. The van der Waals surface area contributed by atoms with Gasteiger partial charge < -0.3 is 10.2 Å². The van der Waals surface area contributed by atoms with E-state index < -0.39 is 11.7 Å². The summed E-state index contributed by atoms with van der Waals surface area (Å²) in [6, 6.07) is 6.25. The third-order valence-corrected chi connectivity index (χ3v) is 3.92. The van der Waals surface area contributed by atoms with Gasteiger partial charge in [0.05, 0.1) is 5.56 Å². The Morgan fingerprint density at radius 1 is 1.30 bits per heavy atom. The molecule has 2 atom stereocenters. The molecule has 0 aromatic heterocycles. The highest BCUT2D eigenvalue weighted by atomic mass is 19.4. The summed E-state index contributed by atoms with van der Waals surface area (Å²) in [6.07, 6.45) is -3.42. The number of hydrogen-bond acceptors (Lipinski definition) is 2. The van der Waals surface area contributed by atoms with Gasteiger partial charge in [-0.25, -0.2) is 0 Å². The molecule has 1 N–H and O–H groups in total. The fourth-order valence-corrected chi connectivity index (χ4v) is 2.92. The van der Waals surface area contributed by atoms with Crippen LogP contribution in [-0.2, 0) is 6.18 Å². The summed E-state index contributed by atoms with van der Waals surface area (Å²) in [6.45, 7) is 6.36. The number of anilines is 1. The average molecular weight is 286 g/mol. The van der Waals surface area contributed by atoms with E-state index in [0.717, 1.165) is 19.0 Å². The van der Waals surface area contributed by atoms with Gasteiger partial charge in [-0.2, -0.15) is 13.2 Å². The van der Waals surface area contributed by atoms with Crippen LogP contribution in [0.2, 0.25) is 0 Å². The van der Waals surface area contributed by atoms with Crippen molar-refractivity contribution < 1.29 is 13.2 Å². The standard InChI is InChI=1S/C15H21F3N2/c1-3-19-13-8-9-20(10-11(13)2)14-7-5-4-6-12(14)15(16,17)18/h4-7,11,13,19H,3,8-10H2,1-2H3. The van der Waals surface area contributed by atoms with Crippen LogP contribution in [0.3, 0.4) is 0 Å². The van der Waals surface area contributed by atoms with Gasteiger partial charge in [-0.1, -0.05) is 26.0 Å². The topological polar surface area (TPSA) is 15.3 Å². The Kier molecular flexibility index (Phi) is 4.58. The Morgan fingerprint density at radius 3 is 2.60 bits per heavy atom. The second kappa shape index (κ2) is 6.04. The molecule has 112 valence electrons. The van der Waals surface area contributed by atoms with Gasteiger partial charge in [0.1, 0.15) is 0 Å². The number of halogens is 3. The highest BCUT2D eigenvalue weighted by Crippen LogP contribution is 2.37.